The zero-order valence-electron chi connectivity index (χ0n) is 11.1. The van der Waals surface area contributed by atoms with Crippen LogP contribution in [0.2, 0.25) is 0 Å². The molecule has 0 aromatic heterocycles. The summed E-state index contributed by atoms with van der Waals surface area (Å²) in [5, 5.41) is 11.3. The number of nitrogens with zero attached hydrogens (tertiary/aromatic N) is 1. The van der Waals surface area contributed by atoms with Gasteiger partial charge in [-0.05, 0) is 24.3 Å². The number of aliphatic hydroxyl groups excluding tert-OH is 1. The van der Waals surface area contributed by atoms with Crippen LogP contribution in [0.15, 0.2) is 36.9 Å². The number of hydrogen-bond donors (Lipinski definition) is 2. The fourth-order valence-electron chi connectivity index (χ4n) is 1.49. The average Bonchev–Trinajstić information content (AvgIpc) is 2.39. The molecule has 1 rings (SSSR count). The van der Waals surface area contributed by atoms with Gasteiger partial charge in [-0.2, -0.15) is 0 Å². The summed E-state index contributed by atoms with van der Waals surface area (Å²) < 4.78 is 39.7. The molecule has 0 aliphatic heterocycles. The third-order valence-electron chi connectivity index (χ3n) is 2.35. The van der Waals surface area contributed by atoms with Crippen molar-refractivity contribution in [1.82, 2.24) is 4.90 Å². The maximum absolute atomic E-state index is 12.0. The summed E-state index contributed by atoms with van der Waals surface area (Å²) in [5.74, 6) is -0.376. The molecule has 0 atom stereocenters. The van der Waals surface area contributed by atoms with Crippen LogP contribution < -0.4 is 10.1 Å². The molecule has 0 radical (unpaired) electrons. The van der Waals surface area contributed by atoms with Crippen molar-refractivity contribution >= 4 is 11.7 Å². The van der Waals surface area contributed by atoms with Crippen molar-refractivity contribution < 1.29 is 27.8 Å². The first-order valence-corrected chi connectivity index (χ1v) is 5.99. The van der Waals surface area contributed by atoms with E-state index in [-0.39, 0.29) is 25.4 Å². The highest BCUT2D eigenvalue weighted by molar-refractivity contribution is 5.89. The highest BCUT2D eigenvalue weighted by atomic mass is 19.4. The van der Waals surface area contributed by atoms with E-state index in [0.29, 0.717) is 5.69 Å². The number of nitrogens with one attached hydrogen (secondary N) is 1. The monoisotopic (exact) mass is 304 g/mol. The molecule has 0 unspecified atom stereocenters. The van der Waals surface area contributed by atoms with E-state index < -0.39 is 12.4 Å². The standard InChI is InChI=1S/C13H15F3N2O3/c1-2-7-18(8-9-19)12(20)17-10-3-5-11(6-4-10)21-13(14,15)16/h2-6,19H,1,7-9H2,(H,17,20). The van der Waals surface area contributed by atoms with Crippen molar-refractivity contribution in [2.45, 2.75) is 6.36 Å². The third-order valence-corrected chi connectivity index (χ3v) is 2.35. The molecule has 0 fully saturated rings. The number of hydrogen-bond acceptors (Lipinski definition) is 3. The first-order valence-electron chi connectivity index (χ1n) is 5.99. The zero-order valence-corrected chi connectivity index (χ0v) is 11.1. The second kappa shape index (κ2) is 7.53. The number of halogens is 3. The predicted octanol–water partition coefficient (Wildman–Crippen LogP) is 2.60. The lowest BCUT2D eigenvalue weighted by Gasteiger charge is -2.20. The van der Waals surface area contributed by atoms with Gasteiger partial charge in [0.05, 0.1) is 6.61 Å². The van der Waals surface area contributed by atoms with Crippen molar-refractivity contribution in [3.8, 4) is 5.75 Å². The molecular weight excluding hydrogens is 289 g/mol. The molecule has 0 spiro atoms. The van der Waals surface area contributed by atoms with E-state index >= 15 is 0 Å². The molecule has 0 bridgehead atoms. The van der Waals surface area contributed by atoms with Gasteiger partial charge in [0, 0.05) is 18.8 Å². The summed E-state index contributed by atoms with van der Waals surface area (Å²) in [4.78, 5) is 13.1. The van der Waals surface area contributed by atoms with E-state index in [1.165, 1.54) is 23.1 Å². The van der Waals surface area contributed by atoms with E-state index in [2.05, 4.69) is 16.6 Å². The quantitative estimate of drug-likeness (QED) is 0.794. The molecule has 0 heterocycles. The molecule has 0 aliphatic rings. The van der Waals surface area contributed by atoms with E-state index in [9.17, 15) is 18.0 Å². The van der Waals surface area contributed by atoms with Crippen LogP contribution in [0.1, 0.15) is 0 Å². The Bertz CT molecular complexity index is 475. The summed E-state index contributed by atoms with van der Waals surface area (Å²) in [5.41, 5.74) is 0.307. The van der Waals surface area contributed by atoms with Crippen LogP contribution in [0.5, 0.6) is 5.75 Å². The zero-order chi connectivity index (χ0) is 15.9. The van der Waals surface area contributed by atoms with Gasteiger partial charge >= 0.3 is 12.4 Å². The largest absolute Gasteiger partial charge is 0.573 e. The summed E-state index contributed by atoms with van der Waals surface area (Å²) in [6.45, 7) is 3.64. The topological polar surface area (TPSA) is 61.8 Å². The average molecular weight is 304 g/mol. The van der Waals surface area contributed by atoms with Crippen molar-refractivity contribution in [2.24, 2.45) is 0 Å². The van der Waals surface area contributed by atoms with Crippen LogP contribution in [0.25, 0.3) is 0 Å². The molecule has 0 aliphatic carbocycles. The van der Waals surface area contributed by atoms with Gasteiger partial charge in [0.15, 0.2) is 0 Å². The number of rotatable bonds is 6. The summed E-state index contributed by atoms with van der Waals surface area (Å²) in [7, 11) is 0. The van der Waals surface area contributed by atoms with Gasteiger partial charge in [0.2, 0.25) is 0 Å². The first-order chi connectivity index (χ1) is 9.85. The Labute approximate surface area is 119 Å². The minimum absolute atomic E-state index is 0.118. The normalized spacial score (nSPS) is 10.9. The van der Waals surface area contributed by atoms with Crippen LogP contribution >= 0.6 is 0 Å². The molecule has 21 heavy (non-hydrogen) atoms. The van der Waals surface area contributed by atoms with E-state index in [1.807, 2.05) is 0 Å². The lowest BCUT2D eigenvalue weighted by atomic mass is 10.3. The van der Waals surface area contributed by atoms with Gasteiger partial charge in [-0.1, -0.05) is 6.08 Å². The maximum atomic E-state index is 12.0. The van der Waals surface area contributed by atoms with Gasteiger partial charge in [-0.25, -0.2) is 4.79 Å². The van der Waals surface area contributed by atoms with Gasteiger partial charge < -0.3 is 20.1 Å². The van der Waals surface area contributed by atoms with Crippen molar-refractivity contribution in [1.29, 1.82) is 0 Å². The SMILES string of the molecule is C=CCN(CCO)C(=O)Nc1ccc(OC(F)(F)F)cc1. The van der Waals surface area contributed by atoms with Crippen molar-refractivity contribution in [2.75, 3.05) is 25.0 Å². The summed E-state index contributed by atoms with van der Waals surface area (Å²) in [6, 6.07) is 4.25. The molecule has 0 saturated heterocycles. The number of carbonyl (C=O) groups excluding carboxylic acids is 1. The van der Waals surface area contributed by atoms with Crippen molar-refractivity contribution in [3.05, 3.63) is 36.9 Å². The second-order valence-corrected chi connectivity index (χ2v) is 3.96. The predicted molar refractivity (Wildman–Crippen MR) is 71.0 cm³/mol. The second-order valence-electron chi connectivity index (χ2n) is 3.96. The molecule has 5 nitrogen and oxygen atoms in total. The number of carbonyl (C=O) groups is 1. The number of ether oxygens (including phenoxy) is 1. The van der Waals surface area contributed by atoms with Crippen molar-refractivity contribution in [3.63, 3.8) is 0 Å². The number of urea groups is 1. The maximum Gasteiger partial charge on any atom is 0.573 e. The third kappa shape index (κ3) is 6.17. The lowest BCUT2D eigenvalue weighted by molar-refractivity contribution is -0.274. The van der Waals surface area contributed by atoms with E-state index in [1.54, 1.807) is 0 Å². The van der Waals surface area contributed by atoms with E-state index in [4.69, 9.17) is 5.11 Å². The number of benzene rings is 1. The Morgan fingerprint density at radius 3 is 2.48 bits per heavy atom. The van der Waals surface area contributed by atoms with Gasteiger partial charge in [0.1, 0.15) is 5.75 Å². The first kappa shape index (κ1) is 16.8. The Hall–Kier alpha value is -2.22. The molecule has 116 valence electrons. The van der Waals surface area contributed by atoms with Gasteiger partial charge in [0.25, 0.3) is 0 Å². The minimum Gasteiger partial charge on any atom is -0.406 e. The highest BCUT2D eigenvalue weighted by Crippen LogP contribution is 2.24. The van der Waals surface area contributed by atoms with Crippen LogP contribution in [0.4, 0.5) is 23.7 Å². The Morgan fingerprint density at radius 2 is 2.00 bits per heavy atom. The highest BCUT2D eigenvalue weighted by Gasteiger charge is 2.30. The fourth-order valence-corrected chi connectivity index (χ4v) is 1.49. The number of alkyl halides is 3. The summed E-state index contributed by atoms with van der Waals surface area (Å²) in [6.07, 6.45) is -3.26. The van der Waals surface area contributed by atoms with Crippen LogP contribution in [-0.4, -0.2) is 42.1 Å². The molecular formula is C13H15F3N2O3. The minimum atomic E-state index is -4.76. The lowest BCUT2D eigenvalue weighted by Crippen LogP contribution is -2.37. The van der Waals surface area contributed by atoms with Gasteiger partial charge in [-0.3, -0.25) is 0 Å². The van der Waals surface area contributed by atoms with Crippen LogP contribution in [0, 0.1) is 0 Å². The molecule has 8 heteroatoms. The number of amides is 2. The van der Waals surface area contributed by atoms with E-state index in [0.717, 1.165) is 12.1 Å². The molecule has 2 N–H and O–H groups in total. The Balaban J connectivity index is 2.65. The number of aliphatic hydroxyl groups is 1. The smallest absolute Gasteiger partial charge is 0.406 e. The Morgan fingerprint density at radius 1 is 1.38 bits per heavy atom. The molecule has 2 amide bonds. The van der Waals surface area contributed by atoms with Crippen LogP contribution in [-0.2, 0) is 0 Å². The number of anilines is 1. The van der Waals surface area contributed by atoms with Gasteiger partial charge in [-0.15, -0.1) is 19.8 Å². The fraction of sp³-hybridized carbons (Fsp3) is 0.308. The molecule has 0 saturated carbocycles. The Kier molecular flexibility index (Phi) is 6.04. The molecule has 1 aromatic rings. The summed E-state index contributed by atoms with van der Waals surface area (Å²) >= 11 is 0. The molecule has 1 aromatic carbocycles. The van der Waals surface area contributed by atoms with Crippen LogP contribution in [0.3, 0.4) is 0 Å².